The van der Waals surface area contributed by atoms with Crippen LogP contribution in [0.4, 0.5) is 0 Å². The number of nitrogens with zero attached hydrogens (tertiary/aromatic N) is 4. The van der Waals surface area contributed by atoms with Crippen LogP contribution in [0.3, 0.4) is 0 Å². The van der Waals surface area contributed by atoms with Crippen molar-refractivity contribution >= 4 is 19.5 Å². The molecule has 4 nitrogen and oxygen atoms in total. The number of hydrogen-bond acceptors (Lipinski definition) is 4. The summed E-state index contributed by atoms with van der Waals surface area (Å²) in [6, 6.07) is 4.04. The first-order chi connectivity index (χ1) is 13.1. The summed E-state index contributed by atoms with van der Waals surface area (Å²) in [6.45, 7) is 38.7. The molecule has 0 unspecified atom stereocenters. The first-order valence-electron chi connectivity index (χ1n) is 12.2. The molecule has 0 heterocycles. The van der Waals surface area contributed by atoms with Gasteiger partial charge in [-0.25, -0.2) is 0 Å². The summed E-state index contributed by atoms with van der Waals surface area (Å²) in [6.07, 6.45) is 0. The normalized spacial score (nSPS) is 14.5. The summed E-state index contributed by atoms with van der Waals surface area (Å²) < 4.78 is 11.9. The van der Waals surface area contributed by atoms with Crippen molar-refractivity contribution in [3.05, 3.63) is 0 Å². The predicted octanol–water partition coefficient (Wildman–Crippen LogP) is 5.90. The van der Waals surface area contributed by atoms with E-state index in [2.05, 4.69) is 123 Å². The Morgan fingerprint density at radius 1 is 0.276 bits per heavy atom. The first kappa shape index (κ1) is 29.6. The van der Waals surface area contributed by atoms with Gasteiger partial charge in [-0.05, 0) is 0 Å². The van der Waals surface area contributed by atoms with E-state index < -0.39 is 19.5 Å². The zero-order valence-electron chi connectivity index (χ0n) is 22.9. The molecule has 0 N–H and O–H groups in total. The van der Waals surface area contributed by atoms with Gasteiger partial charge in [0.2, 0.25) is 0 Å². The molecule has 29 heavy (non-hydrogen) atoms. The Kier molecular flexibility index (Phi) is 12.3. The van der Waals surface area contributed by atoms with E-state index in [9.17, 15) is 0 Å². The molecule has 0 aliphatic rings. The molecule has 0 atom stereocenters. The average molecular weight is 519 g/mol. The zero-order chi connectivity index (χ0) is 23.4. The SMILES string of the molecule is CC(C)[N](C(C)C)[Sn]([N](C(C)C)C(C)C)([N](C(C)C)C(C)C)[N](C(C)C)C(C)C. The molecule has 0 rings (SSSR count). The van der Waals surface area contributed by atoms with Crippen LogP contribution in [0, 0.1) is 0 Å². The molecule has 5 heteroatoms. The van der Waals surface area contributed by atoms with Crippen molar-refractivity contribution in [2.24, 2.45) is 0 Å². The Morgan fingerprint density at radius 3 is 0.448 bits per heavy atom. The van der Waals surface area contributed by atoms with Gasteiger partial charge in [-0.2, -0.15) is 0 Å². The summed E-state index contributed by atoms with van der Waals surface area (Å²) in [4.78, 5) is 0. The Bertz CT molecular complexity index is 340. The number of rotatable bonds is 12. The Labute approximate surface area is 190 Å². The monoisotopic (exact) mass is 520 g/mol. The molecule has 0 bridgehead atoms. The fraction of sp³-hybridized carbons (Fsp3) is 1.00. The van der Waals surface area contributed by atoms with Crippen molar-refractivity contribution in [3.63, 3.8) is 0 Å². The van der Waals surface area contributed by atoms with Crippen molar-refractivity contribution in [2.75, 3.05) is 0 Å². The van der Waals surface area contributed by atoms with Gasteiger partial charge in [0, 0.05) is 0 Å². The van der Waals surface area contributed by atoms with Gasteiger partial charge in [0.05, 0.1) is 0 Å². The molecular weight excluding hydrogens is 463 g/mol. The molecule has 176 valence electrons. The van der Waals surface area contributed by atoms with E-state index in [1.807, 2.05) is 0 Å². The van der Waals surface area contributed by atoms with E-state index in [0.29, 0.717) is 48.3 Å². The molecule has 0 amide bonds. The molecule has 0 aromatic rings. The van der Waals surface area contributed by atoms with Crippen LogP contribution >= 0.6 is 0 Å². The minimum absolute atomic E-state index is 0.505. The second kappa shape index (κ2) is 12.0. The summed E-state index contributed by atoms with van der Waals surface area (Å²) in [5.74, 6) is 0. The van der Waals surface area contributed by atoms with E-state index in [-0.39, 0.29) is 0 Å². The van der Waals surface area contributed by atoms with Gasteiger partial charge < -0.3 is 0 Å². The average Bonchev–Trinajstić information content (AvgIpc) is 2.42. The summed E-state index contributed by atoms with van der Waals surface area (Å²) >= 11 is -3.59. The summed E-state index contributed by atoms with van der Waals surface area (Å²) in [5, 5.41) is 0. The first-order valence-corrected chi connectivity index (χ1v) is 17.3. The fourth-order valence-corrected chi connectivity index (χ4v) is 26.3. The van der Waals surface area contributed by atoms with Crippen LogP contribution in [0.5, 0.6) is 0 Å². The standard InChI is InChI=1S/4C6H14N.Sn/c4*1-5(2)7-6(3)4;/h4*5-6H,1-4H3;/q4*-1;+4. The summed E-state index contributed by atoms with van der Waals surface area (Å²) in [7, 11) is 0. The predicted molar refractivity (Wildman–Crippen MR) is 134 cm³/mol. The van der Waals surface area contributed by atoms with Gasteiger partial charge in [0.15, 0.2) is 0 Å². The molecular formula is C24H56N4Sn. The zero-order valence-corrected chi connectivity index (χ0v) is 25.8. The van der Waals surface area contributed by atoms with E-state index in [1.54, 1.807) is 0 Å². The van der Waals surface area contributed by atoms with Gasteiger partial charge in [-0.1, -0.05) is 0 Å². The van der Waals surface area contributed by atoms with Gasteiger partial charge in [0.25, 0.3) is 0 Å². The third-order valence-corrected chi connectivity index (χ3v) is 25.5. The van der Waals surface area contributed by atoms with Crippen LogP contribution in [0.15, 0.2) is 0 Å². The Morgan fingerprint density at radius 2 is 0.379 bits per heavy atom. The molecule has 0 fully saturated rings. The van der Waals surface area contributed by atoms with Crippen molar-refractivity contribution in [1.82, 2.24) is 12.5 Å². The van der Waals surface area contributed by atoms with Crippen LogP contribution in [-0.4, -0.2) is 80.3 Å². The van der Waals surface area contributed by atoms with E-state index in [4.69, 9.17) is 0 Å². The third kappa shape index (κ3) is 6.34. The van der Waals surface area contributed by atoms with E-state index in [0.717, 1.165) is 0 Å². The molecule has 0 aliphatic carbocycles. The van der Waals surface area contributed by atoms with Crippen molar-refractivity contribution < 1.29 is 0 Å². The second-order valence-corrected chi connectivity index (χ2v) is 20.3. The molecule has 0 spiro atoms. The van der Waals surface area contributed by atoms with Gasteiger partial charge in [0.1, 0.15) is 0 Å². The minimum atomic E-state index is -3.59. The number of hydrogen-bond donors (Lipinski definition) is 0. The molecule has 0 aromatic heterocycles. The molecule has 0 saturated carbocycles. The van der Waals surface area contributed by atoms with Crippen molar-refractivity contribution in [3.8, 4) is 0 Å². The van der Waals surface area contributed by atoms with Crippen LogP contribution in [-0.2, 0) is 0 Å². The maximum absolute atomic E-state index is 3.59. The van der Waals surface area contributed by atoms with Crippen molar-refractivity contribution in [2.45, 2.75) is 159 Å². The van der Waals surface area contributed by atoms with Crippen molar-refractivity contribution in [1.29, 1.82) is 0 Å². The van der Waals surface area contributed by atoms with Crippen LogP contribution in [0.1, 0.15) is 111 Å². The van der Waals surface area contributed by atoms with Crippen LogP contribution in [0.25, 0.3) is 0 Å². The van der Waals surface area contributed by atoms with Crippen LogP contribution < -0.4 is 0 Å². The third-order valence-electron chi connectivity index (χ3n) is 5.84. The van der Waals surface area contributed by atoms with Gasteiger partial charge >= 0.3 is 191 Å². The van der Waals surface area contributed by atoms with E-state index in [1.165, 1.54) is 0 Å². The molecule has 0 saturated heterocycles. The van der Waals surface area contributed by atoms with Crippen LogP contribution in [0.2, 0.25) is 0 Å². The maximum atomic E-state index is 2.98. The molecule has 0 aromatic carbocycles. The molecule has 0 aliphatic heterocycles. The second-order valence-electron chi connectivity index (χ2n) is 11.0. The van der Waals surface area contributed by atoms with Gasteiger partial charge in [-0.3, -0.25) is 0 Å². The quantitative estimate of drug-likeness (QED) is 0.298. The Balaban J connectivity index is 7.65. The topological polar surface area (TPSA) is 13.0 Å². The summed E-state index contributed by atoms with van der Waals surface area (Å²) in [5.41, 5.74) is 0. The fourth-order valence-electron chi connectivity index (χ4n) is 5.96. The Hall–Kier alpha value is 0.639. The van der Waals surface area contributed by atoms with E-state index >= 15 is 0 Å². The molecule has 0 radical (unpaired) electrons. The van der Waals surface area contributed by atoms with Gasteiger partial charge in [-0.15, -0.1) is 0 Å².